The first-order valence-corrected chi connectivity index (χ1v) is 4.85. The van der Waals surface area contributed by atoms with Crippen LogP contribution in [-0.4, -0.2) is 28.2 Å². The van der Waals surface area contributed by atoms with Gasteiger partial charge in [-0.2, -0.15) is 0 Å². The van der Waals surface area contributed by atoms with Gasteiger partial charge in [0.05, 0.1) is 17.5 Å². The van der Waals surface area contributed by atoms with E-state index in [0.29, 0.717) is 29.1 Å². The molecule has 0 bridgehead atoms. The van der Waals surface area contributed by atoms with E-state index in [1.54, 1.807) is 18.2 Å². The van der Waals surface area contributed by atoms with E-state index in [1.807, 2.05) is 0 Å². The molecule has 0 saturated carbocycles. The van der Waals surface area contributed by atoms with Crippen molar-refractivity contribution in [1.82, 2.24) is 9.97 Å². The smallest absolute Gasteiger partial charge is 0.260 e. The lowest BCUT2D eigenvalue weighted by Gasteiger charge is -2.04. The Hall–Kier alpha value is -2.08. The van der Waals surface area contributed by atoms with E-state index in [1.165, 1.54) is 0 Å². The molecule has 1 aromatic heterocycles. The largest absolute Gasteiger partial charge is 0.399 e. The van der Waals surface area contributed by atoms with Crippen molar-refractivity contribution in [2.24, 2.45) is 0 Å². The summed E-state index contributed by atoms with van der Waals surface area (Å²) in [6.45, 7) is 0.312. The molecule has 0 amide bonds. The van der Waals surface area contributed by atoms with Gasteiger partial charge in [0.2, 0.25) is 5.95 Å². The molecule has 84 valence electrons. The number of anilines is 2. The molecular weight excluding hydrogens is 208 g/mol. The Balaban J connectivity index is 2.51. The normalized spacial score (nSPS) is 10.6. The number of hydrogen-bond acceptors (Lipinski definition) is 5. The number of fused-ring (bicyclic) bond motifs is 1. The Morgan fingerprint density at radius 2 is 2.31 bits per heavy atom. The van der Waals surface area contributed by atoms with Gasteiger partial charge in [0.15, 0.2) is 0 Å². The summed E-state index contributed by atoms with van der Waals surface area (Å²) < 4.78 is 0. The monoisotopic (exact) mass is 220 g/mol. The average molecular weight is 220 g/mol. The molecule has 1 aromatic carbocycles. The second-order valence-electron chi connectivity index (χ2n) is 3.34. The third-order valence-electron chi connectivity index (χ3n) is 2.13. The van der Waals surface area contributed by atoms with Gasteiger partial charge in [-0.15, -0.1) is 0 Å². The third-order valence-corrected chi connectivity index (χ3v) is 2.13. The average Bonchev–Trinajstić information content (AvgIpc) is 2.27. The summed E-state index contributed by atoms with van der Waals surface area (Å²) in [6, 6.07) is 4.95. The Bertz CT molecular complexity index is 564. The van der Waals surface area contributed by atoms with Gasteiger partial charge in [-0.3, -0.25) is 9.78 Å². The summed E-state index contributed by atoms with van der Waals surface area (Å²) in [6.07, 6.45) is 0. The second kappa shape index (κ2) is 4.19. The summed E-state index contributed by atoms with van der Waals surface area (Å²) in [4.78, 5) is 18.4. The predicted octanol–water partition coefficient (Wildman–Crippen LogP) is -0.0905. The van der Waals surface area contributed by atoms with Gasteiger partial charge in [0.25, 0.3) is 5.56 Å². The zero-order valence-electron chi connectivity index (χ0n) is 8.53. The van der Waals surface area contributed by atoms with Crippen LogP contribution in [0.25, 0.3) is 10.9 Å². The van der Waals surface area contributed by atoms with E-state index < -0.39 is 0 Å². The number of benzene rings is 1. The SMILES string of the molecule is Nc1ccc2nc(NCCO)[nH]c(=O)c2c1. The fourth-order valence-electron chi connectivity index (χ4n) is 1.41. The van der Waals surface area contributed by atoms with Crippen LogP contribution in [0.2, 0.25) is 0 Å². The lowest BCUT2D eigenvalue weighted by molar-refractivity contribution is 0.311. The third kappa shape index (κ3) is 1.96. The molecule has 5 N–H and O–H groups in total. The Morgan fingerprint density at radius 1 is 1.50 bits per heavy atom. The minimum atomic E-state index is -0.252. The maximum absolute atomic E-state index is 11.7. The van der Waals surface area contributed by atoms with Gasteiger partial charge < -0.3 is 16.2 Å². The van der Waals surface area contributed by atoms with Crippen molar-refractivity contribution in [3.05, 3.63) is 28.6 Å². The number of nitrogens with two attached hydrogens (primary N) is 1. The number of rotatable bonds is 3. The summed E-state index contributed by atoms with van der Waals surface area (Å²) in [5.74, 6) is 0.344. The number of hydrogen-bond donors (Lipinski definition) is 4. The highest BCUT2D eigenvalue weighted by Crippen LogP contribution is 2.12. The first-order chi connectivity index (χ1) is 7.70. The van der Waals surface area contributed by atoms with Crippen LogP contribution in [-0.2, 0) is 0 Å². The zero-order valence-corrected chi connectivity index (χ0v) is 8.53. The van der Waals surface area contributed by atoms with Crippen molar-refractivity contribution < 1.29 is 5.11 Å². The number of aliphatic hydroxyl groups is 1. The second-order valence-corrected chi connectivity index (χ2v) is 3.34. The van der Waals surface area contributed by atoms with E-state index in [9.17, 15) is 4.79 Å². The fraction of sp³-hybridized carbons (Fsp3) is 0.200. The van der Waals surface area contributed by atoms with Crippen LogP contribution in [0.1, 0.15) is 0 Å². The highest BCUT2D eigenvalue weighted by Gasteiger charge is 2.03. The topological polar surface area (TPSA) is 104 Å². The predicted molar refractivity (Wildman–Crippen MR) is 62.4 cm³/mol. The molecule has 0 fully saturated rings. The van der Waals surface area contributed by atoms with Crippen LogP contribution in [0.15, 0.2) is 23.0 Å². The minimum Gasteiger partial charge on any atom is -0.399 e. The van der Waals surface area contributed by atoms with Crippen molar-refractivity contribution in [3.63, 3.8) is 0 Å². The molecule has 2 aromatic rings. The van der Waals surface area contributed by atoms with Crippen LogP contribution in [0, 0.1) is 0 Å². The summed E-state index contributed by atoms with van der Waals surface area (Å²) in [5.41, 5.74) is 6.42. The number of aromatic nitrogens is 2. The molecule has 0 saturated heterocycles. The number of nitrogens with one attached hydrogen (secondary N) is 2. The molecular formula is C10H12N4O2. The van der Waals surface area contributed by atoms with E-state index in [0.717, 1.165) is 0 Å². The maximum Gasteiger partial charge on any atom is 0.260 e. The first-order valence-electron chi connectivity index (χ1n) is 4.85. The summed E-state index contributed by atoms with van der Waals surface area (Å²) >= 11 is 0. The van der Waals surface area contributed by atoms with E-state index >= 15 is 0 Å². The quantitative estimate of drug-likeness (QED) is 0.541. The maximum atomic E-state index is 11.7. The number of aliphatic hydroxyl groups excluding tert-OH is 1. The highest BCUT2D eigenvalue weighted by molar-refractivity contribution is 5.81. The molecule has 6 heteroatoms. The van der Waals surface area contributed by atoms with Crippen molar-refractivity contribution >= 4 is 22.5 Å². The van der Waals surface area contributed by atoms with E-state index in [4.69, 9.17) is 10.8 Å². The number of aromatic amines is 1. The zero-order chi connectivity index (χ0) is 11.5. The molecule has 0 atom stereocenters. The van der Waals surface area contributed by atoms with Gasteiger partial charge in [-0.25, -0.2) is 4.98 Å². The van der Waals surface area contributed by atoms with E-state index in [-0.39, 0.29) is 12.2 Å². The van der Waals surface area contributed by atoms with Crippen LogP contribution in [0.3, 0.4) is 0 Å². The highest BCUT2D eigenvalue weighted by atomic mass is 16.3. The molecule has 0 aliphatic carbocycles. The molecule has 0 unspecified atom stereocenters. The van der Waals surface area contributed by atoms with Crippen molar-refractivity contribution in [2.75, 3.05) is 24.2 Å². The van der Waals surface area contributed by atoms with E-state index in [2.05, 4.69) is 15.3 Å². The van der Waals surface area contributed by atoms with Crippen molar-refractivity contribution in [1.29, 1.82) is 0 Å². The number of H-pyrrole nitrogens is 1. The standard InChI is InChI=1S/C10H12N4O2/c11-6-1-2-8-7(5-6)9(16)14-10(13-8)12-3-4-15/h1-2,5,15H,3-4,11H2,(H2,12,13,14,16). The van der Waals surface area contributed by atoms with Gasteiger partial charge >= 0.3 is 0 Å². The van der Waals surface area contributed by atoms with Gasteiger partial charge in [0, 0.05) is 12.2 Å². The van der Waals surface area contributed by atoms with Crippen LogP contribution >= 0.6 is 0 Å². The molecule has 1 heterocycles. The molecule has 16 heavy (non-hydrogen) atoms. The molecule has 0 spiro atoms. The molecule has 2 rings (SSSR count). The van der Waals surface area contributed by atoms with Gasteiger partial charge in [-0.1, -0.05) is 0 Å². The first kappa shape index (κ1) is 10.4. The lowest BCUT2D eigenvalue weighted by Crippen LogP contribution is -2.15. The summed E-state index contributed by atoms with van der Waals surface area (Å²) in [7, 11) is 0. The summed E-state index contributed by atoms with van der Waals surface area (Å²) in [5, 5.41) is 11.9. The van der Waals surface area contributed by atoms with Gasteiger partial charge in [0.1, 0.15) is 0 Å². The minimum absolute atomic E-state index is 0.0243. The van der Waals surface area contributed by atoms with Crippen molar-refractivity contribution in [3.8, 4) is 0 Å². The number of nitrogens with zero attached hydrogens (tertiary/aromatic N) is 1. The molecule has 0 aliphatic rings. The lowest BCUT2D eigenvalue weighted by atomic mass is 10.2. The van der Waals surface area contributed by atoms with Crippen molar-refractivity contribution in [2.45, 2.75) is 0 Å². The molecule has 0 aliphatic heterocycles. The van der Waals surface area contributed by atoms with Crippen LogP contribution in [0.5, 0.6) is 0 Å². The fourth-order valence-corrected chi connectivity index (χ4v) is 1.41. The van der Waals surface area contributed by atoms with Crippen LogP contribution in [0.4, 0.5) is 11.6 Å². The molecule has 0 radical (unpaired) electrons. The van der Waals surface area contributed by atoms with Gasteiger partial charge in [-0.05, 0) is 18.2 Å². The number of nitrogen functional groups attached to an aromatic ring is 1. The Kier molecular flexibility index (Phi) is 2.74. The van der Waals surface area contributed by atoms with Crippen LogP contribution < -0.4 is 16.6 Å². The molecule has 6 nitrogen and oxygen atoms in total. The Morgan fingerprint density at radius 3 is 3.06 bits per heavy atom. The Labute approximate surface area is 91.1 Å².